The molecular formula is C17H16ClNO3. The lowest BCUT2D eigenvalue weighted by Crippen LogP contribution is -2.31. The van der Waals surface area contributed by atoms with Crippen molar-refractivity contribution in [3.05, 3.63) is 58.6 Å². The van der Waals surface area contributed by atoms with Gasteiger partial charge in [0.25, 0.3) is 5.91 Å². The molecule has 2 atom stereocenters. The molecule has 1 unspecified atom stereocenters. The largest absolute Gasteiger partial charge is 0.497 e. The number of aliphatic hydroxyl groups excluding tert-OH is 1. The molecule has 0 aliphatic carbocycles. The van der Waals surface area contributed by atoms with Crippen LogP contribution in [0.1, 0.15) is 17.0 Å². The molecule has 5 heteroatoms. The number of carbonyl (C=O) groups is 1. The third-order valence-corrected chi connectivity index (χ3v) is 4.35. The minimum atomic E-state index is -1.13. The van der Waals surface area contributed by atoms with Crippen LogP contribution in [0.4, 0.5) is 5.69 Å². The van der Waals surface area contributed by atoms with Crippen LogP contribution in [0.2, 0.25) is 5.02 Å². The fourth-order valence-electron chi connectivity index (χ4n) is 2.76. The summed E-state index contributed by atoms with van der Waals surface area (Å²) in [5.41, 5.74) is 2.37. The first-order valence-corrected chi connectivity index (χ1v) is 7.38. The molecule has 0 radical (unpaired) electrons. The van der Waals surface area contributed by atoms with Crippen LogP contribution in [0.5, 0.6) is 5.75 Å². The number of hydrogen-bond acceptors (Lipinski definition) is 3. The van der Waals surface area contributed by atoms with E-state index in [0.29, 0.717) is 17.1 Å². The van der Waals surface area contributed by atoms with Gasteiger partial charge in [-0.05, 0) is 41.8 Å². The van der Waals surface area contributed by atoms with E-state index in [1.54, 1.807) is 25.3 Å². The molecule has 0 bridgehead atoms. The minimum absolute atomic E-state index is 0.355. The van der Waals surface area contributed by atoms with E-state index in [9.17, 15) is 9.90 Å². The van der Waals surface area contributed by atoms with Crippen molar-refractivity contribution in [1.82, 2.24) is 0 Å². The Kier molecular flexibility index (Phi) is 4.05. The Bertz CT molecular complexity index is 700. The Hall–Kier alpha value is -2.04. The van der Waals surface area contributed by atoms with E-state index in [2.05, 4.69) is 5.32 Å². The molecule has 3 rings (SSSR count). The fourth-order valence-corrected chi connectivity index (χ4v) is 3.01. The summed E-state index contributed by atoms with van der Waals surface area (Å²) < 4.78 is 5.14. The molecule has 4 nitrogen and oxygen atoms in total. The summed E-state index contributed by atoms with van der Waals surface area (Å²) >= 11 is 6.26. The molecule has 114 valence electrons. The number of methoxy groups -OCH3 is 1. The average Bonchev–Trinajstić information content (AvgIpc) is 2.66. The molecule has 0 spiro atoms. The summed E-state index contributed by atoms with van der Waals surface area (Å²) in [6, 6.07) is 12.7. The van der Waals surface area contributed by atoms with E-state index in [4.69, 9.17) is 16.3 Å². The van der Waals surface area contributed by atoms with Crippen molar-refractivity contribution in [3.63, 3.8) is 0 Å². The summed E-state index contributed by atoms with van der Waals surface area (Å²) in [5.74, 6) is -0.0383. The number of rotatable bonds is 2. The van der Waals surface area contributed by atoms with Crippen molar-refractivity contribution < 1.29 is 14.6 Å². The van der Waals surface area contributed by atoms with Crippen LogP contribution in [-0.2, 0) is 11.2 Å². The summed E-state index contributed by atoms with van der Waals surface area (Å²) in [5, 5.41) is 13.7. The molecule has 0 fully saturated rings. The van der Waals surface area contributed by atoms with Crippen LogP contribution in [0.25, 0.3) is 0 Å². The standard InChI is InChI=1S/C17H16ClNO3/c1-22-11-7-5-10(6-8-11)12-9-13-14(18)3-2-4-15(13)19-17(21)16(12)20/h2-8,12,16,20H,9H2,1H3,(H,19,21)/t12?,16-/m1/s1. The van der Waals surface area contributed by atoms with Gasteiger partial charge in [-0.3, -0.25) is 4.79 Å². The van der Waals surface area contributed by atoms with Gasteiger partial charge < -0.3 is 15.2 Å². The van der Waals surface area contributed by atoms with Crippen LogP contribution < -0.4 is 10.1 Å². The molecule has 1 aliphatic heterocycles. The number of ether oxygens (including phenoxy) is 1. The highest BCUT2D eigenvalue weighted by Crippen LogP contribution is 2.35. The van der Waals surface area contributed by atoms with Crippen LogP contribution >= 0.6 is 11.6 Å². The van der Waals surface area contributed by atoms with Gasteiger partial charge in [-0.15, -0.1) is 0 Å². The van der Waals surface area contributed by atoms with Gasteiger partial charge in [0, 0.05) is 16.6 Å². The highest BCUT2D eigenvalue weighted by Gasteiger charge is 2.32. The number of carbonyl (C=O) groups excluding carboxylic acids is 1. The van der Waals surface area contributed by atoms with E-state index in [1.807, 2.05) is 24.3 Å². The number of fused-ring (bicyclic) bond motifs is 1. The molecule has 1 heterocycles. The highest BCUT2D eigenvalue weighted by molar-refractivity contribution is 6.32. The monoisotopic (exact) mass is 317 g/mol. The highest BCUT2D eigenvalue weighted by atomic mass is 35.5. The molecular weight excluding hydrogens is 302 g/mol. The van der Waals surface area contributed by atoms with Crippen LogP contribution in [0.15, 0.2) is 42.5 Å². The number of amides is 1. The van der Waals surface area contributed by atoms with E-state index in [-0.39, 0.29) is 5.92 Å². The molecule has 0 saturated heterocycles. The minimum Gasteiger partial charge on any atom is -0.497 e. The SMILES string of the molecule is COc1ccc(C2Cc3c(Cl)cccc3NC(=O)[C@@H]2O)cc1. The molecule has 0 aromatic heterocycles. The summed E-state index contributed by atoms with van der Waals surface area (Å²) in [7, 11) is 1.60. The topological polar surface area (TPSA) is 58.6 Å². The van der Waals surface area contributed by atoms with Gasteiger partial charge >= 0.3 is 0 Å². The first kappa shape index (κ1) is 14.9. The lowest BCUT2D eigenvalue weighted by Gasteiger charge is -2.20. The third kappa shape index (κ3) is 2.67. The average molecular weight is 318 g/mol. The molecule has 1 aliphatic rings. The van der Waals surface area contributed by atoms with Gasteiger partial charge in [0.15, 0.2) is 0 Å². The number of nitrogens with one attached hydrogen (secondary N) is 1. The maximum atomic E-state index is 12.2. The zero-order valence-corrected chi connectivity index (χ0v) is 12.8. The second-order valence-corrected chi connectivity index (χ2v) is 5.69. The van der Waals surface area contributed by atoms with E-state index in [1.165, 1.54) is 0 Å². The van der Waals surface area contributed by atoms with Crippen molar-refractivity contribution >= 4 is 23.2 Å². The van der Waals surface area contributed by atoms with Crippen molar-refractivity contribution in [2.24, 2.45) is 0 Å². The number of anilines is 1. The molecule has 2 aromatic carbocycles. The quantitative estimate of drug-likeness (QED) is 0.895. The zero-order chi connectivity index (χ0) is 15.7. The van der Waals surface area contributed by atoms with Gasteiger partial charge in [-0.2, -0.15) is 0 Å². The number of benzene rings is 2. The molecule has 1 amide bonds. The molecule has 2 N–H and O–H groups in total. The first-order valence-electron chi connectivity index (χ1n) is 7.00. The Morgan fingerprint density at radius 1 is 1.23 bits per heavy atom. The van der Waals surface area contributed by atoms with Gasteiger partial charge in [0.1, 0.15) is 11.9 Å². The Balaban J connectivity index is 2.02. The predicted octanol–water partition coefficient (Wildman–Crippen LogP) is 2.99. The van der Waals surface area contributed by atoms with Crippen LogP contribution in [0, 0.1) is 0 Å². The Morgan fingerprint density at radius 2 is 1.95 bits per heavy atom. The van der Waals surface area contributed by atoms with E-state index >= 15 is 0 Å². The maximum Gasteiger partial charge on any atom is 0.253 e. The Labute approximate surface area is 133 Å². The third-order valence-electron chi connectivity index (χ3n) is 3.99. The van der Waals surface area contributed by atoms with Gasteiger partial charge in [0.2, 0.25) is 0 Å². The van der Waals surface area contributed by atoms with Crippen molar-refractivity contribution in [1.29, 1.82) is 0 Å². The lowest BCUT2D eigenvalue weighted by atomic mass is 9.88. The Morgan fingerprint density at radius 3 is 2.64 bits per heavy atom. The second kappa shape index (κ2) is 5.99. The van der Waals surface area contributed by atoms with Crippen molar-refractivity contribution in [2.45, 2.75) is 18.4 Å². The van der Waals surface area contributed by atoms with E-state index < -0.39 is 12.0 Å². The zero-order valence-electron chi connectivity index (χ0n) is 12.0. The lowest BCUT2D eigenvalue weighted by molar-refractivity contribution is -0.124. The summed E-state index contributed by atoms with van der Waals surface area (Å²) in [6.45, 7) is 0. The van der Waals surface area contributed by atoms with Crippen molar-refractivity contribution in [2.75, 3.05) is 12.4 Å². The first-order chi connectivity index (χ1) is 10.6. The molecule has 2 aromatic rings. The summed E-state index contributed by atoms with van der Waals surface area (Å²) in [4.78, 5) is 12.2. The van der Waals surface area contributed by atoms with Gasteiger partial charge in [-0.25, -0.2) is 0 Å². The molecule has 0 saturated carbocycles. The summed E-state index contributed by atoms with van der Waals surface area (Å²) in [6.07, 6.45) is -0.641. The molecule has 22 heavy (non-hydrogen) atoms. The normalized spacial score (nSPS) is 20.8. The predicted molar refractivity (Wildman–Crippen MR) is 85.5 cm³/mol. The van der Waals surface area contributed by atoms with Crippen LogP contribution in [-0.4, -0.2) is 24.2 Å². The van der Waals surface area contributed by atoms with E-state index in [0.717, 1.165) is 16.9 Å². The number of hydrogen-bond donors (Lipinski definition) is 2. The number of aliphatic hydroxyl groups is 1. The fraction of sp³-hybridized carbons (Fsp3) is 0.235. The number of halogens is 1. The second-order valence-electron chi connectivity index (χ2n) is 5.28. The van der Waals surface area contributed by atoms with Crippen LogP contribution in [0.3, 0.4) is 0 Å². The van der Waals surface area contributed by atoms with Gasteiger partial charge in [-0.1, -0.05) is 29.8 Å². The smallest absolute Gasteiger partial charge is 0.253 e. The van der Waals surface area contributed by atoms with Gasteiger partial charge in [0.05, 0.1) is 7.11 Å². The van der Waals surface area contributed by atoms with Crippen molar-refractivity contribution in [3.8, 4) is 5.75 Å². The maximum absolute atomic E-state index is 12.2.